The van der Waals surface area contributed by atoms with Gasteiger partial charge in [0.15, 0.2) is 0 Å². The maximum atomic E-state index is 11.0. The summed E-state index contributed by atoms with van der Waals surface area (Å²) in [5.74, 6) is 0. The summed E-state index contributed by atoms with van der Waals surface area (Å²) in [7, 11) is 0. The number of hydrogen-bond acceptors (Lipinski definition) is 3. The summed E-state index contributed by atoms with van der Waals surface area (Å²) >= 11 is 0. The summed E-state index contributed by atoms with van der Waals surface area (Å²) in [4.78, 5) is 13.1. The molecule has 1 aliphatic rings. The molecular weight excluding hydrogens is 166 g/mol. The third kappa shape index (κ3) is 2.39. The highest BCUT2D eigenvalue weighted by Gasteiger charge is 2.31. The molecule has 0 aromatic heterocycles. The molecule has 1 heterocycles. The Kier molecular flexibility index (Phi) is 3.63. The Hall–Kier alpha value is -0.670. The van der Waals surface area contributed by atoms with E-state index in [1.807, 2.05) is 6.92 Å². The minimum atomic E-state index is -0.383. The van der Waals surface area contributed by atoms with E-state index >= 15 is 0 Å². The van der Waals surface area contributed by atoms with E-state index < -0.39 is 0 Å². The van der Waals surface area contributed by atoms with Gasteiger partial charge in [-0.15, -0.1) is 6.58 Å². The van der Waals surface area contributed by atoms with Crippen LogP contribution in [0.2, 0.25) is 0 Å². The molecule has 13 heavy (non-hydrogen) atoms. The zero-order valence-corrected chi connectivity index (χ0v) is 8.16. The standard InChI is InChI=1S/C10H17NO2/c1-3-4-10(2,9-12)11-5-7-13-8-6-11/h3,9H,1,4-8H2,2H3. The SMILES string of the molecule is C=CCC(C)(C=O)N1CCOCC1. The van der Waals surface area contributed by atoms with Crippen LogP contribution >= 0.6 is 0 Å². The van der Waals surface area contributed by atoms with Gasteiger partial charge in [-0.3, -0.25) is 4.90 Å². The molecule has 0 bridgehead atoms. The fraction of sp³-hybridized carbons (Fsp3) is 0.700. The molecule has 1 fully saturated rings. The predicted octanol–water partition coefficient (Wildman–Crippen LogP) is 0.852. The molecule has 0 aliphatic carbocycles. The number of hydrogen-bond donors (Lipinski definition) is 0. The van der Waals surface area contributed by atoms with E-state index in [4.69, 9.17) is 4.74 Å². The second-order valence-corrected chi connectivity index (χ2v) is 3.57. The lowest BCUT2D eigenvalue weighted by atomic mass is 9.97. The number of carbonyl (C=O) groups excluding carboxylic acids is 1. The van der Waals surface area contributed by atoms with Crippen molar-refractivity contribution in [3.8, 4) is 0 Å². The van der Waals surface area contributed by atoms with Gasteiger partial charge in [-0.25, -0.2) is 0 Å². The van der Waals surface area contributed by atoms with E-state index in [-0.39, 0.29) is 5.54 Å². The molecule has 0 spiro atoms. The van der Waals surface area contributed by atoms with E-state index in [0.29, 0.717) is 6.42 Å². The molecule has 0 N–H and O–H groups in total. The molecule has 0 saturated carbocycles. The van der Waals surface area contributed by atoms with Crippen molar-refractivity contribution in [3.63, 3.8) is 0 Å². The molecule has 1 rings (SSSR count). The Morgan fingerprint density at radius 3 is 2.62 bits per heavy atom. The maximum Gasteiger partial charge on any atom is 0.140 e. The van der Waals surface area contributed by atoms with Crippen molar-refractivity contribution in [1.82, 2.24) is 4.90 Å². The number of rotatable bonds is 4. The number of morpholine rings is 1. The molecule has 0 radical (unpaired) electrons. The predicted molar refractivity (Wildman–Crippen MR) is 51.7 cm³/mol. The van der Waals surface area contributed by atoms with Gasteiger partial charge in [-0.05, 0) is 13.3 Å². The van der Waals surface area contributed by atoms with Crippen LogP contribution in [0.4, 0.5) is 0 Å². The number of nitrogens with zero attached hydrogens (tertiary/aromatic N) is 1. The summed E-state index contributed by atoms with van der Waals surface area (Å²) in [6.07, 6.45) is 3.51. The van der Waals surface area contributed by atoms with Gasteiger partial charge in [0.1, 0.15) is 6.29 Å². The average molecular weight is 183 g/mol. The molecule has 74 valence electrons. The first-order valence-corrected chi connectivity index (χ1v) is 4.63. The van der Waals surface area contributed by atoms with Gasteiger partial charge < -0.3 is 9.53 Å². The molecular formula is C10H17NO2. The van der Waals surface area contributed by atoms with Crippen LogP contribution in [-0.4, -0.2) is 43.0 Å². The van der Waals surface area contributed by atoms with E-state index in [1.165, 1.54) is 0 Å². The molecule has 0 amide bonds. The summed E-state index contributed by atoms with van der Waals surface area (Å²) in [5.41, 5.74) is -0.383. The van der Waals surface area contributed by atoms with E-state index in [9.17, 15) is 4.79 Å². The van der Waals surface area contributed by atoms with Gasteiger partial charge >= 0.3 is 0 Å². The zero-order chi connectivity index (χ0) is 9.73. The van der Waals surface area contributed by atoms with Crippen LogP contribution in [0.15, 0.2) is 12.7 Å². The highest BCUT2D eigenvalue weighted by Crippen LogP contribution is 2.18. The fourth-order valence-electron chi connectivity index (χ4n) is 1.62. The van der Waals surface area contributed by atoms with Crippen LogP contribution in [-0.2, 0) is 9.53 Å². The van der Waals surface area contributed by atoms with E-state index in [1.54, 1.807) is 6.08 Å². The van der Waals surface area contributed by atoms with Gasteiger partial charge in [0.25, 0.3) is 0 Å². The normalized spacial score (nSPS) is 23.5. The number of aldehydes is 1. The van der Waals surface area contributed by atoms with Gasteiger partial charge in [-0.1, -0.05) is 6.08 Å². The van der Waals surface area contributed by atoms with Crippen LogP contribution in [0, 0.1) is 0 Å². The number of carbonyl (C=O) groups is 1. The van der Waals surface area contributed by atoms with Crippen LogP contribution in [0.5, 0.6) is 0 Å². The summed E-state index contributed by atoms with van der Waals surface area (Å²) in [6.45, 7) is 8.74. The first kappa shape index (κ1) is 10.4. The number of ether oxygens (including phenoxy) is 1. The first-order chi connectivity index (χ1) is 6.23. The Morgan fingerprint density at radius 1 is 1.54 bits per heavy atom. The second-order valence-electron chi connectivity index (χ2n) is 3.57. The van der Waals surface area contributed by atoms with Crippen LogP contribution in [0.1, 0.15) is 13.3 Å². The van der Waals surface area contributed by atoms with Crippen LogP contribution in [0.25, 0.3) is 0 Å². The highest BCUT2D eigenvalue weighted by molar-refractivity contribution is 5.63. The van der Waals surface area contributed by atoms with E-state index in [0.717, 1.165) is 32.6 Å². The quantitative estimate of drug-likeness (QED) is 0.478. The lowest BCUT2D eigenvalue weighted by molar-refractivity contribution is -0.120. The molecule has 3 heteroatoms. The minimum absolute atomic E-state index is 0.383. The molecule has 3 nitrogen and oxygen atoms in total. The maximum absolute atomic E-state index is 11.0. The zero-order valence-electron chi connectivity index (χ0n) is 8.16. The van der Waals surface area contributed by atoms with Gasteiger partial charge in [0.2, 0.25) is 0 Å². The Balaban J connectivity index is 2.61. The molecule has 0 aromatic rings. The molecule has 0 aromatic carbocycles. The van der Waals surface area contributed by atoms with Crippen molar-refractivity contribution < 1.29 is 9.53 Å². The third-order valence-electron chi connectivity index (χ3n) is 2.54. The Bertz CT molecular complexity index is 187. The van der Waals surface area contributed by atoms with Crippen molar-refractivity contribution >= 4 is 6.29 Å². The van der Waals surface area contributed by atoms with Crippen molar-refractivity contribution in [2.24, 2.45) is 0 Å². The molecule has 1 aliphatic heterocycles. The van der Waals surface area contributed by atoms with Crippen molar-refractivity contribution in [2.45, 2.75) is 18.9 Å². The van der Waals surface area contributed by atoms with Crippen molar-refractivity contribution in [1.29, 1.82) is 0 Å². The molecule has 1 atom stereocenters. The minimum Gasteiger partial charge on any atom is -0.379 e. The Morgan fingerprint density at radius 2 is 2.15 bits per heavy atom. The topological polar surface area (TPSA) is 29.5 Å². The van der Waals surface area contributed by atoms with Gasteiger partial charge in [0, 0.05) is 13.1 Å². The molecule has 1 saturated heterocycles. The lowest BCUT2D eigenvalue weighted by Gasteiger charge is -2.38. The van der Waals surface area contributed by atoms with Crippen LogP contribution < -0.4 is 0 Å². The first-order valence-electron chi connectivity index (χ1n) is 4.63. The fourth-order valence-corrected chi connectivity index (χ4v) is 1.62. The van der Waals surface area contributed by atoms with Crippen LogP contribution in [0.3, 0.4) is 0 Å². The summed E-state index contributed by atoms with van der Waals surface area (Å²) in [6, 6.07) is 0. The van der Waals surface area contributed by atoms with Crippen molar-refractivity contribution in [2.75, 3.05) is 26.3 Å². The third-order valence-corrected chi connectivity index (χ3v) is 2.54. The summed E-state index contributed by atoms with van der Waals surface area (Å²) in [5, 5.41) is 0. The smallest absolute Gasteiger partial charge is 0.140 e. The summed E-state index contributed by atoms with van der Waals surface area (Å²) < 4.78 is 5.23. The van der Waals surface area contributed by atoms with Gasteiger partial charge in [0.05, 0.1) is 18.8 Å². The average Bonchev–Trinajstić information content (AvgIpc) is 2.19. The highest BCUT2D eigenvalue weighted by atomic mass is 16.5. The lowest BCUT2D eigenvalue weighted by Crippen LogP contribution is -2.52. The largest absolute Gasteiger partial charge is 0.379 e. The van der Waals surface area contributed by atoms with Crippen molar-refractivity contribution in [3.05, 3.63) is 12.7 Å². The van der Waals surface area contributed by atoms with Gasteiger partial charge in [-0.2, -0.15) is 0 Å². The molecule has 1 unspecified atom stereocenters. The van der Waals surface area contributed by atoms with E-state index in [2.05, 4.69) is 11.5 Å². The second kappa shape index (κ2) is 4.53. The monoisotopic (exact) mass is 183 g/mol. The Labute approximate surface area is 79.4 Å².